The molecule has 1 aromatic rings. The van der Waals surface area contributed by atoms with Crippen molar-refractivity contribution >= 4 is 35.2 Å². The quantitative estimate of drug-likeness (QED) is 0.706. The van der Waals surface area contributed by atoms with E-state index in [0.717, 1.165) is 44.3 Å². The van der Waals surface area contributed by atoms with E-state index in [0.29, 0.717) is 16.6 Å². The molecule has 4 atom stereocenters. The van der Waals surface area contributed by atoms with E-state index in [-0.39, 0.29) is 36.5 Å². The number of rotatable bonds is 4. The number of hydrogen-bond donors (Lipinski definition) is 1. The first-order chi connectivity index (χ1) is 14.9. The largest absolute Gasteiger partial charge is 0.465 e. The average molecular weight is 468 g/mol. The highest BCUT2D eigenvalue weighted by molar-refractivity contribution is 6.42. The highest BCUT2D eigenvalue weighted by Gasteiger charge is 2.51. The van der Waals surface area contributed by atoms with Crippen molar-refractivity contribution in [2.24, 2.45) is 0 Å². The van der Waals surface area contributed by atoms with Crippen LogP contribution in [0.1, 0.15) is 51.0 Å². The third kappa shape index (κ3) is 4.53. The van der Waals surface area contributed by atoms with E-state index in [1.807, 2.05) is 13.0 Å². The molecule has 4 rings (SSSR count). The van der Waals surface area contributed by atoms with Crippen LogP contribution in [0.15, 0.2) is 18.2 Å². The third-order valence-corrected chi connectivity index (χ3v) is 8.00. The molecule has 2 heterocycles. The van der Waals surface area contributed by atoms with Crippen LogP contribution in [0.25, 0.3) is 0 Å². The van der Waals surface area contributed by atoms with Gasteiger partial charge in [0.05, 0.1) is 28.5 Å². The highest BCUT2D eigenvalue weighted by atomic mass is 35.5. The van der Waals surface area contributed by atoms with Gasteiger partial charge in [-0.15, -0.1) is 0 Å². The number of amides is 2. The Morgan fingerprint density at radius 2 is 1.77 bits per heavy atom. The summed E-state index contributed by atoms with van der Waals surface area (Å²) >= 11 is 12.2. The van der Waals surface area contributed by atoms with Crippen LogP contribution in [-0.2, 0) is 11.2 Å². The number of nitrogens with zero attached hydrogens (tertiary/aromatic N) is 3. The molecular formula is C23H31Cl2N3O3. The van der Waals surface area contributed by atoms with Crippen molar-refractivity contribution in [2.45, 2.75) is 76.0 Å². The van der Waals surface area contributed by atoms with E-state index < -0.39 is 6.09 Å². The molecule has 0 bridgehead atoms. The molecule has 1 aliphatic carbocycles. The summed E-state index contributed by atoms with van der Waals surface area (Å²) in [4.78, 5) is 32.0. The molecule has 0 spiro atoms. The number of carboxylic acid groups (broad SMARTS) is 1. The molecule has 2 saturated heterocycles. The van der Waals surface area contributed by atoms with Crippen molar-refractivity contribution in [1.29, 1.82) is 0 Å². The summed E-state index contributed by atoms with van der Waals surface area (Å²) in [5.74, 6) is 0.0522. The molecule has 0 radical (unpaired) electrons. The smallest absolute Gasteiger partial charge is 0.407 e. The third-order valence-electron chi connectivity index (χ3n) is 7.26. The zero-order valence-corrected chi connectivity index (χ0v) is 19.5. The lowest BCUT2D eigenvalue weighted by Crippen LogP contribution is -2.72. The molecule has 6 nitrogen and oxygen atoms in total. The van der Waals surface area contributed by atoms with Crippen molar-refractivity contribution in [3.8, 4) is 0 Å². The lowest BCUT2D eigenvalue weighted by molar-refractivity contribution is -0.148. The van der Waals surface area contributed by atoms with E-state index in [9.17, 15) is 14.7 Å². The summed E-state index contributed by atoms with van der Waals surface area (Å²) in [5.41, 5.74) is 0.833. The molecule has 4 unspecified atom stereocenters. The summed E-state index contributed by atoms with van der Waals surface area (Å²) in [6.07, 6.45) is 5.28. The first-order valence-electron chi connectivity index (χ1n) is 11.4. The summed E-state index contributed by atoms with van der Waals surface area (Å²) in [6.45, 7) is 4.49. The first kappa shape index (κ1) is 22.7. The second kappa shape index (κ2) is 9.55. The van der Waals surface area contributed by atoms with Gasteiger partial charge < -0.3 is 14.9 Å². The number of likely N-dealkylation sites (tertiary alicyclic amines) is 1. The fourth-order valence-electron chi connectivity index (χ4n) is 5.84. The number of hydrogen-bond acceptors (Lipinski definition) is 3. The topological polar surface area (TPSA) is 64.1 Å². The molecule has 3 aliphatic rings. The van der Waals surface area contributed by atoms with E-state index >= 15 is 0 Å². The Morgan fingerprint density at radius 3 is 2.42 bits per heavy atom. The lowest BCUT2D eigenvalue weighted by atomic mass is 9.79. The number of halogens is 2. The highest BCUT2D eigenvalue weighted by Crippen LogP contribution is 2.38. The van der Waals surface area contributed by atoms with E-state index in [1.54, 1.807) is 17.0 Å². The SMILES string of the molecule is CCC1CN(C(=O)O)C2CCCC(N3CCCC3)C2N1C(=O)Cc1ccc(Cl)c(Cl)c1. The van der Waals surface area contributed by atoms with Crippen LogP contribution in [0.5, 0.6) is 0 Å². The maximum atomic E-state index is 13.7. The average Bonchev–Trinajstić information content (AvgIpc) is 3.29. The number of carbonyl (C=O) groups is 2. The molecule has 3 fully saturated rings. The number of carbonyl (C=O) groups excluding carboxylic acids is 1. The van der Waals surface area contributed by atoms with Crippen molar-refractivity contribution in [1.82, 2.24) is 14.7 Å². The van der Waals surface area contributed by atoms with Gasteiger partial charge in [0.15, 0.2) is 0 Å². The molecular weight excluding hydrogens is 437 g/mol. The monoisotopic (exact) mass is 467 g/mol. The summed E-state index contributed by atoms with van der Waals surface area (Å²) < 4.78 is 0. The van der Waals surface area contributed by atoms with E-state index in [2.05, 4.69) is 9.80 Å². The van der Waals surface area contributed by atoms with Crippen molar-refractivity contribution in [2.75, 3.05) is 19.6 Å². The number of benzene rings is 1. The molecule has 1 aromatic carbocycles. The zero-order valence-electron chi connectivity index (χ0n) is 18.0. The van der Waals surface area contributed by atoms with Gasteiger partial charge in [0.2, 0.25) is 5.91 Å². The van der Waals surface area contributed by atoms with Gasteiger partial charge in [0.1, 0.15) is 0 Å². The van der Waals surface area contributed by atoms with Crippen LogP contribution >= 0.6 is 23.2 Å². The predicted molar refractivity (Wildman–Crippen MR) is 122 cm³/mol. The van der Waals surface area contributed by atoms with Crippen LogP contribution in [0.2, 0.25) is 10.0 Å². The van der Waals surface area contributed by atoms with Crippen LogP contribution in [-0.4, -0.2) is 75.6 Å². The van der Waals surface area contributed by atoms with E-state index in [1.165, 1.54) is 12.8 Å². The fourth-order valence-corrected chi connectivity index (χ4v) is 6.16. The van der Waals surface area contributed by atoms with Crippen molar-refractivity contribution in [3.05, 3.63) is 33.8 Å². The minimum Gasteiger partial charge on any atom is -0.465 e. The minimum absolute atomic E-state index is 0.0522. The molecule has 2 aliphatic heterocycles. The number of fused-ring (bicyclic) bond motifs is 1. The maximum absolute atomic E-state index is 13.7. The predicted octanol–water partition coefficient (Wildman–Crippen LogP) is 4.52. The molecule has 8 heteroatoms. The lowest BCUT2D eigenvalue weighted by Gasteiger charge is -2.56. The van der Waals surface area contributed by atoms with Crippen LogP contribution in [0.3, 0.4) is 0 Å². The maximum Gasteiger partial charge on any atom is 0.407 e. The Hall–Kier alpha value is -1.50. The van der Waals surface area contributed by atoms with E-state index in [4.69, 9.17) is 23.2 Å². The Labute approximate surface area is 194 Å². The summed E-state index contributed by atoms with van der Waals surface area (Å²) in [5, 5.41) is 10.9. The van der Waals surface area contributed by atoms with Gasteiger partial charge >= 0.3 is 6.09 Å². The van der Waals surface area contributed by atoms with Gasteiger partial charge in [0, 0.05) is 18.6 Å². The Bertz CT molecular complexity index is 830. The molecule has 31 heavy (non-hydrogen) atoms. The van der Waals surface area contributed by atoms with Gasteiger partial charge in [-0.05, 0) is 69.3 Å². The van der Waals surface area contributed by atoms with Crippen LogP contribution in [0.4, 0.5) is 4.79 Å². The van der Waals surface area contributed by atoms with Crippen LogP contribution in [0, 0.1) is 0 Å². The van der Waals surface area contributed by atoms with Crippen molar-refractivity contribution < 1.29 is 14.7 Å². The molecule has 1 N–H and O–H groups in total. The molecule has 0 aromatic heterocycles. The second-order valence-electron chi connectivity index (χ2n) is 9.02. The summed E-state index contributed by atoms with van der Waals surface area (Å²) in [7, 11) is 0. The van der Waals surface area contributed by atoms with Gasteiger partial charge in [-0.3, -0.25) is 9.69 Å². The zero-order chi connectivity index (χ0) is 22.1. The van der Waals surface area contributed by atoms with Gasteiger partial charge in [-0.2, -0.15) is 0 Å². The first-order valence-corrected chi connectivity index (χ1v) is 12.1. The fraction of sp³-hybridized carbons (Fsp3) is 0.652. The summed E-state index contributed by atoms with van der Waals surface area (Å²) in [6, 6.07) is 5.19. The normalized spacial score (nSPS) is 29.1. The Morgan fingerprint density at radius 1 is 1.06 bits per heavy atom. The Kier molecular flexibility index (Phi) is 6.99. The van der Waals surface area contributed by atoms with Gasteiger partial charge in [-0.25, -0.2) is 4.79 Å². The van der Waals surface area contributed by atoms with Crippen molar-refractivity contribution in [3.63, 3.8) is 0 Å². The molecule has 170 valence electrons. The second-order valence-corrected chi connectivity index (χ2v) is 9.84. The molecule has 1 saturated carbocycles. The Balaban J connectivity index is 1.67. The van der Waals surface area contributed by atoms with Crippen LogP contribution < -0.4 is 0 Å². The standard InChI is InChI=1S/C23H31Cl2N3O3/c1-2-16-14-27(23(30)31)20-7-5-6-19(26-10-3-4-11-26)22(20)28(16)21(29)13-15-8-9-17(24)18(25)12-15/h8-9,12,16,19-20,22H,2-7,10-11,13-14H2,1H3,(H,30,31). The minimum atomic E-state index is -0.868. The van der Waals surface area contributed by atoms with Gasteiger partial charge in [0.25, 0.3) is 0 Å². The molecule has 2 amide bonds. The van der Waals surface area contributed by atoms with Gasteiger partial charge in [-0.1, -0.05) is 36.2 Å². The number of piperazine rings is 1.